The summed E-state index contributed by atoms with van der Waals surface area (Å²) in [6.07, 6.45) is 4.61. The molecule has 0 radical (unpaired) electrons. The first-order valence-electron chi connectivity index (χ1n) is 11.0. The lowest BCUT2D eigenvalue weighted by molar-refractivity contribution is -0.0237. The molecule has 3 aromatic rings. The topological polar surface area (TPSA) is 38.7 Å². The molecule has 184 valence electrons. The molecule has 1 unspecified atom stereocenters. The average Bonchev–Trinajstić information content (AvgIpc) is 2.84. The Morgan fingerprint density at radius 2 is 1.83 bits per heavy atom. The van der Waals surface area contributed by atoms with E-state index in [1.807, 2.05) is 0 Å². The number of benzene rings is 3. The second kappa shape index (κ2) is 12.3. The number of halogens is 4. The van der Waals surface area contributed by atoms with Crippen LogP contribution in [-0.4, -0.2) is 25.1 Å². The Morgan fingerprint density at radius 1 is 1.03 bits per heavy atom. The fraction of sp³-hybridized carbons (Fsp3) is 0.214. The molecule has 0 aromatic heterocycles. The first kappa shape index (κ1) is 26.2. The van der Waals surface area contributed by atoms with Gasteiger partial charge in [0.2, 0.25) is 0 Å². The van der Waals surface area contributed by atoms with E-state index in [2.05, 4.69) is 6.58 Å². The van der Waals surface area contributed by atoms with Crippen LogP contribution < -0.4 is 4.74 Å². The van der Waals surface area contributed by atoms with Crippen molar-refractivity contribution in [2.24, 2.45) is 5.92 Å². The summed E-state index contributed by atoms with van der Waals surface area (Å²) >= 11 is 0. The first-order chi connectivity index (χ1) is 16.9. The molecule has 3 rings (SSSR count). The molecule has 3 nitrogen and oxygen atoms in total. The quantitative estimate of drug-likeness (QED) is 0.182. The normalized spacial score (nSPS) is 13.2. The van der Waals surface area contributed by atoms with Gasteiger partial charge in [0.25, 0.3) is 0 Å². The summed E-state index contributed by atoms with van der Waals surface area (Å²) in [7, 11) is 0. The molecule has 0 spiro atoms. The second-order valence-electron chi connectivity index (χ2n) is 7.94. The Hall–Kier alpha value is -3.42. The van der Waals surface area contributed by atoms with Crippen molar-refractivity contribution in [3.8, 4) is 5.75 Å². The van der Waals surface area contributed by atoms with Crippen LogP contribution in [0, 0.1) is 23.4 Å². The van der Waals surface area contributed by atoms with E-state index < -0.39 is 30.1 Å². The molecule has 0 heterocycles. The van der Waals surface area contributed by atoms with Crippen LogP contribution in [0.3, 0.4) is 0 Å². The van der Waals surface area contributed by atoms with Crippen LogP contribution in [0.1, 0.15) is 18.1 Å². The minimum Gasteiger partial charge on any atom is -0.490 e. The van der Waals surface area contributed by atoms with Gasteiger partial charge >= 0.3 is 0 Å². The minimum absolute atomic E-state index is 0.0239. The fourth-order valence-electron chi connectivity index (χ4n) is 3.77. The number of aliphatic hydroxyl groups is 1. The summed E-state index contributed by atoms with van der Waals surface area (Å²) in [5, 5.41) is 9.77. The molecule has 1 atom stereocenters. The number of hydrogen-bond donors (Lipinski definition) is 1. The Morgan fingerprint density at radius 3 is 2.51 bits per heavy atom. The van der Waals surface area contributed by atoms with Gasteiger partial charge in [-0.15, -0.1) is 0 Å². The van der Waals surface area contributed by atoms with Crippen molar-refractivity contribution >= 4 is 16.3 Å². The van der Waals surface area contributed by atoms with Crippen molar-refractivity contribution in [2.75, 3.05) is 20.0 Å². The highest BCUT2D eigenvalue weighted by atomic mass is 19.1. The number of ether oxygens (including phenoxy) is 2. The molecule has 0 fully saturated rings. The van der Waals surface area contributed by atoms with Crippen molar-refractivity contribution in [3.63, 3.8) is 0 Å². The van der Waals surface area contributed by atoms with Crippen LogP contribution in [-0.2, 0) is 11.2 Å². The fourth-order valence-corrected chi connectivity index (χ4v) is 3.77. The zero-order chi connectivity index (χ0) is 25.4. The van der Waals surface area contributed by atoms with Gasteiger partial charge in [-0.1, -0.05) is 43.0 Å². The van der Waals surface area contributed by atoms with Gasteiger partial charge in [0.15, 0.2) is 11.6 Å². The summed E-state index contributed by atoms with van der Waals surface area (Å²) < 4.78 is 67.2. The number of fused-ring (bicyclic) bond motifs is 1. The van der Waals surface area contributed by atoms with Gasteiger partial charge < -0.3 is 14.6 Å². The third-order valence-electron chi connectivity index (χ3n) is 5.39. The molecule has 0 aliphatic rings. The zero-order valence-electron chi connectivity index (χ0n) is 19.2. The summed E-state index contributed by atoms with van der Waals surface area (Å²) in [4.78, 5) is 0. The molecule has 0 saturated carbocycles. The van der Waals surface area contributed by atoms with E-state index >= 15 is 0 Å². The monoisotopic (exact) mass is 486 g/mol. The predicted molar refractivity (Wildman–Crippen MR) is 129 cm³/mol. The van der Waals surface area contributed by atoms with Crippen molar-refractivity contribution in [1.82, 2.24) is 0 Å². The third-order valence-corrected chi connectivity index (χ3v) is 5.39. The number of allylic oxidation sites excluding steroid dienone is 5. The summed E-state index contributed by atoms with van der Waals surface area (Å²) in [5.74, 6) is -2.88. The van der Waals surface area contributed by atoms with E-state index in [0.717, 1.165) is 17.7 Å². The highest BCUT2D eigenvalue weighted by molar-refractivity contribution is 5.83. The molecule has 1 N–H and O–H groups in total. The van der Waals surface area contributed by atoms with Crippen LogP contribution in [0.15, 0.2) is 79.2 Å². The summed E-state index contributed by atoms with van der Waals surface area (Å²) in [5.41, 5.74) is 1.31. The predicted octanol–water partition coefficient (Wildman–Crippen LogP) is 6.90. The van der Waals surface area contributed by atoms with Gasteiger partial charge in [0.05, 0.1) is 13.2 Å². The Kier molecular flexibility index (Phi) is 9.23. The Balaban J connectivity index is 1.77. The largest absolute Gasteiger partial charge is 0.490 e. The number of rotatable bonds is 11. The third kappa shape index (κ3) is 6.81. The van der Waals surface area contributed by atoms with E-state index in [0.29, 0.717) is 22.8 Å². The molecule has 35 heavy (non-hydrogen) atoms. The molecule has 3 aromatic carbocycles. The van der Waals surface area contributed by atoms with Crippen LogP contribution >= 0.6 is 0 Å². The van der Waals surface area contributed by atoms with E-state index in [9.17, 15) is 17.6 Å². The molecule has 0 saturated heterocycles. The van der Waals surface area contributed by atoms with Gasteiger partial charge in [-0.3, -0.25) is 0 Å². The van der Waals surface area contributed by atoms with Crippen LogP contribution in [0.25, 0.3) is 16.3 Å². The lowest BCUT2D eigenvalue weighted by atomic mass is 9.98. The van der Waals surface area contributed by atoms with Gasteiger partial charge in [-0.25, -0.2) is 17.6 Å². The molecular weight excluding hydrogens is 460 g/mol. The number of hydrogen-bond acceptors (Lipinski definition) is 3. The van der Waals surface area contributed by atoms with Crippen LogP contribution in [0.5, 0.6) is 5.75 Å². The van der Waals surface area contributed by atoms with Crippen LogP contribution in [0.4, 0.5) is 17.6 Å². The van der Waals surface area contributed by atoms with E-state index in [1.165, 1.54) is 24.3 Å². The Bertz CT molecular complexity index is 1250. The first-order valence-corrected chi connectivity index (χ1v) is 11.0. The summed E-state index contributed by atoms with van der Waals surface area (Å²) in [6.45, 7) is 4.80. The average molecular weight is 487 g/mol. The summed E-state index contributed by atoms with van der Waals surface area (Å²) in [6, 6.07) is 11.2. The van der Waals surface area contributed by atoms with E-state index in [4.69, 9.17) is 14.6 Å². The van der Waals surface area contributed by atoms with Gasteiger partial charge in [-0.05, 0) is 54.1 Å². The molecule has 0 amide bonds. The second-order valence-corrected chi connectivity index (χ2v) is 7.94. The van der Waals surface area contributed by atoms with Gasteiger partial charge in [0.1, 0.15) is 24.3 Å². The smallest absolute Gasteiger partial charge is 0.165 e. The van der Waals surface area contributed by atoms with E-state index in [-0.39, 0.29) is 30.5 Å². The minimum atomic E-state index is -0.671. The standard InChI is InChI=1S/C28H26F4O3/c1-3-5-23(25(30)4-2)20-7-9-28(27(32)13-20)35-16-19(15-34-17-33)10-18-6-8-24-21(11-18)12-22(29)14-26(24)31/h3-9,11-14,19,33H,2,10,15-17H2,1H3/b5-3-,25-23-. The van der Waals surface area contributed by atoms with Gasteiger partial charge in [-0.2, -0.15) is 0 Å². The SMILES string of the molecule is C=C/C(F)=C(\C=C/C)c1ccc(OCC(COCO)Cc2ccc3c(F)cc(F)cc3c2)c(F)c1. The van der Waals surface area contributed by atoms with Crippen LogP contribution in [0.2, 0.25) is 0 Å². The maximum atomic E-state index is 14.7. The Labute approximate surface area is 201 Å². The van der Waals surface area contributed by atoms with Crippen molar-refractivity contribution < 1.29 is 32.1 Å². The lowest BCUT2D eigenvalue weighted by Crippen LogP contribution is -2.21. The van der Waals surface area contributed by atoms with Crippen molar-refractivity contribution in [1.29, 1.82) is 0 Å². The zero-order valence-corrected chi connectivity index (χ0v) is 19.2. The molecular formula is C28H26F4O3. The van der Waals surface area contributed by atoms with E-state index in [1.54, 1.807) is 37.3 Å². The molecule has 0 aliphatic heterocycles. The molecule has 0 bridgehead atoms. The maximum Gasteiger partial charge on any atom is 0.165 e. The van der Waals surface area contributed by atoms with Crippen molar-refractivity contribution in [3.05, 3.63) is 108 Å². The number of aliphatic hydroxyl groups excluding tert-OH is 1. The van der Waals surface area contributed by atoms with Gasteiger partial charge in [0, 0.05) is 22.9 Å². The maximum absolute atomic E-state index is 14.7. The lowest BCUT2D eigenvalue weighted by Gasteiger charge is -2.18. The molecule has 7 heteroatoms. The highest BCUT2D eigenvalue weighted by Gasteiger charge is 2.16. The highest BCUT2D eigenvalue weighted by Crippen LogP contribution is 2.28. The van der Waals surface area contributed by atoms with Crippen molar-refractivity contribution in [2.45, 2.75) is 13.3 Å². The molecule has 0 aliphatic carbocycles.